The molecule has 3 N–H and O–H groups in total. The number of phenols is 1. The molecule has 1 aromatic heterocycles. The number of carbonyl (C=O) groups excluding carboxylic acids is 1. The molecular weight excluding hydrogens is 328 g/mol. The second kappa shape index (κ2) is 8.27. The fourth-order valence-electron chi connectivity index (χ4n) is 2.76. The fourth-order valence-corrected chi connectivity index (χ4v) is 2.76. The maximum Gasteiger partial charge on any atom is 0.244 e. The van der Waals surface area contributed by atoms with Crippen LogP contribution in [-0.4, -0.2) is 33.8 Å². The molecule has 0 saturated carbocycles. The van der Waals surface area contributed by atoms with E-state index in [1.807, 2.05) is 30.3 Å². The lowest BCUT2D eigenvalue weighted by atomic mass is 10.1. The van der Waals surface area contributed by atoms with E-state index in [0.29, 0.717) is 6.42 Å². The van der Waals surface area contributed by atoms with Crippen LogP contribution in [0, 0.1) is 0 Å². The molecule has 0 radical (unpaired) electrons. The van der Waals surface area contributed by atoms with Crippen LogP contribution in [0.4, 0.5) is 0 Å². The molecule has 26 heavy (non-hydrogen) atoms. The first-order valence-corrected chi connectivity index (χ1v) is 8.37. The van der Waals surface area contributed by atoms with E-state index >= 15 is 0 Å². The summed E-state index contributed by atoms with van der Waals surface area (Å²) in [5, 5.41) is 22.6. The number of para-hydroxylation sites is 1. The predicted molar refractivity (Wildman–Crippen MR) is 102 cm³/mol. The van der Waals surface area contributed by atoms with Crippen LogP contribution in [0.2, 0.25) is 0 Å². The van der Waals surface area contributed by atoms with Gasteiger partial charge in [-0.05, 0) is 47.9 Å². The summed E-state index contributed by atoms with van der Waals surface area (Å²) in [5.74, 6) is -0.0884. The highest BCUT2D eigenvalue weighted by molar-refractivity contribution is 5.95. The number of pyridine rings is 1. The molecule has 2 aromatic carbocycles. The lowest BCUT2D eigenvalue weighted by Gasteiger charge is -2.15. The van der Waals surface area contributed by atoms with Crippen molar-refractivity contribution in [3.05, 3.63) is 78.0 Å². The third-order valence-electron chi connectivity index (χ3n) is 4.08. The van der Waals surface area contributed by atoms with E-state index < -0.39 is 6.04 Å². The molecule has 1 atom stereocenters. The molecule has 0 saturated heterocycles. The van der Waals surface area contributed by atoms with E-state index in [0.717, 1.165) is 22.0 Å². The Kier molecular flexibility index (Phi) is 5.61. The van der Waals surface area contributed by atoms with Gasteiger partial charge in [-0.15, -0.1) is 0 Å². The second-order valence-corrected chi connectivity index (χ2v) is 6.01. The van der Waals surface area contributed by atoms with Crippen molar-refractivity contribution >= 4 is 22.9 Å². The number of fused-ring (bicyclic) bond motifs is 1. The Morgan fingerprint density at radius 3 is 2.65 bits per heavy atom. The molecule has 0 fully saturated rings. The van der Waals surface area contributed by atoms with E-state index in [1.54, 1.807) is 36.5 Å². The van der Waals surface area contributed by atoms with Crippen molar-refractivity contribution in [3.8, 4) is 5.75 Å². The van der Waals surface area contributed by atoms with Crippen molar-refractivity contribution < 1.29 is 15.0 Å². The van der Waals surface area contributed by atoms with Crippen LogP contribution < -0.4 is 5.32 Å². The molecule has 0 aliphatic heterocycles. The smallest absolute Gasteiger partial charge is 0.244 e. The van der Waals surface area contributed by atoms with E-state index in [-0.39, 0.29) is 18.3 Å². The number of rotatable bonds is 6. The number of benzene rings is 2. The number of phenolic OH excluding ortho intramolecular Hbond substituents is 1. The quantitative estimate of drug-likeness (QED) is 0.598. The molecule has 0 bridgehead atoms. The molecule has 0 aliphatic carbocycles. The minimum atomic E-state index is -0.397. The number of aromatic hydroxyl groups is 1. The first kappa shape index (κ1) is 17.6. The molecule has 0 unspecified atom stereocenters. The molecule has 0 spiro atoms. The number of carbonyl (C=O) groups is 1. The van der Waals surface area contributed by atoms with Gasteiger partial charge in [0.05, 0.1) is 18.2 Å². The van der Waals surface area contributed by atoms with Crippen molar-refractivity contribution in [2.75, 3.05) is 6.61 Å². The fraction of sp³-hybridized carbons (Fsp3) is 0.143. The molecule has 3 rings (SSSR count). The van der Waals surface area contributed by atoms with Crippen LogP contribution in [-0.2, 0) is 11.2 Å². The van der Waals surface area contributed by atoms with Crippen LogP contribution in [0.15, 0.2) is 66.9 Å². The minimum absolute atomic E-state index is 0.168. The SMILES string of the molecule is O=C(/C=C/c1ccnc2ccccc12)N[C@H](CO)Cc1ccc(O)cc1. The third-order valence-corrected chi connectivity index (χ3v) is 4.08. The van der Waals surface area contributed by atoms with E-state index in [9.17, 15) is 15.0 Å². The maximum absolute atomic E-state index is 12.2. The van der Waals surface area contributed by atoms with Crippen molar-refractivity contribution in [1.82, 2.24) is 10.3 Å². The monoisotopic (exact) mass is 348 g/mol. The number of aromatic nitrogens is 1. The zero-order valence-corrected chi connectivity index (χ0v) is 14.2. The van der Waals surface area contributed by atoms with Gasteiger partial charge in [0.1, 0.15) is 5.75 Å². The Morgan fingerprint density at radius 2 is 1.88 bits per heavy atom. The minimum Gasteiger partial charge on any atom is -0.508 e. The van der Waals surface area contributed by atoms with Gasteiger partial charge in [0.2, 0.25) is 5.91 Å². The Balaban J connectivity index is 1.66. The van der Waals surface area contributed by atoms with Crippen molar-refractivity contribution in [2.24, 2.45) is 0 Å². The highest BCUT2D eigenvalue weighted by Gasteiger charge is 2.10. The lowest BCUT2D eigenvalue weighted by Crippen LogP contribution is -2.38. The van der Waals surface area contributed by atoms with Gasteiger partial charge >= 0.3 is 0 Å². The first-order chi connectivity index (χ1) is 12.7. The summed E-state index contributed by atoms with van der Waals surface area (Å²) >= 11 is 0. The molecule has 3 aromatic rings. The standard InChI is InChI=1S/C21H20N2O3/c24-14-17(13-15-5-8-18(25)9-6-15)23-21(26)10-7-16-11-12-22-20-4-2-1-3-19(16)20/h1-12,17,24-25H,13-14H2,(H,23,26)/b10-7+/t17-/m0/s1. The summed E-state index contributed by atoms with van der Waals surface area (Å²) in [6, 6.07) is 15.9. The number of hydrogen-bond donors (Lipinski definition) is 3. The summed E-state index contributed by atoms with van der Waals surface area (Å²) in [6.07, 6.45) is 5.39. The Bertz CT molecular complexity index is 915. The van der Waals surface area contributed by atoms with E-state index in [2.05, 4.69) is 10.3 Å². The second-order valence-electron chi connectivity index (χ2n) is 6.01. The highest BCUT2D eigenvalue weighted by atomic mass is 16.3. The van der Waals surface area contributed by atoms with Crippen LogP contribution in [0.3, 0.4) is 0 Å². The number of nitrogens with zero attached hydrogens (tertiary/aromatic N) is 1. The number of hydrogen-bond acceptors (Lipinski definition) is 4. The average Bonchev–Trinajstić information content (AvgIpc) is 2.67. The zero-order chi connectivity index (χ0) is 18.4. The molecule has 0 aliphatic rings. The first-order valence-electron chi connectivity index (χ1n) is 8.37. The summed E-state index contributed by atoms with van der Waals surface area (Å²) < 4.78 is 0. The summed E-state index contributed by atoms with van der Waals surface area (Å²) in [7, 11) is 0. The topological polar surface area (TPSA) is 82.5 Å². The third kappa shape index (κ3) is 4.46. The Morgan fingerprint density at radius 1 is 1.12 bits per heavy atom. The largest absolute Gasteiger partial charge is 0.508 e. The van der Waals surface area contributed by atoms with E-state index in [1.165, 1.54) is 6.08 Å². The molecule has 1 amide bonds. The van der Waals surface area contributed by atoms with Crippen molar-refractivity contribution in [1.29, 1.82) is 0 Å². The van der Waals surface area contributed by atoms with E-state index in [4.69, 9.17) is 0 Å². The number of nitrogens with one attached hydrogen (secondary N) is 1. The van der Waals surface area contributed by atoms with Crippen LogP contribution in [0.5, 0.6) is 5.75 Å². The zero-order valence-electron chi connectivity index (χ0n) is 14.2. The molecule has 5 heteroatoms. The highest BCUT2D eigenvalue weighted by Crippen LogP contribution is 2.17. The van der Waals surface area contributed by atoms with Gasteiger partial charge in [-0.25, -0.2) is 0 Å². The molecule has 132 valence electrons. The predicted octanol–water partition coefficient (Wildman–Crippen LogP) is 2.67. The van der Waals surface area contributed by atoms with Crippen molar-refractivity contribution in [2.45, 2.75) is 12.5 Å². The molecular formula is C21H20N2O3. The summed E-state index contributed by atoms with van der Waals surface area (Å²) in [5.41, 5.74) is 2.70. The van der Waals surface area contributed by atoms with Gasteiger partial charge in [0, 0.05) is 17.7 Å². The Labute approximate surface area is 151 Å². The maximum atomic E-state index is 12.2. The summed E-state index contributed by atoms with van der Waals surface area (Å²) in [6.45, 7) is -0.168. The van der Waals surface area contributed by atoms with Gasteiger partial charge in [0.25, 0.3) is 0 Å². The molecule has 5 nitrogen and oxygen atoms in total. The van der Waals surface area contributed by atoms with Crippen LogP contribution in [0.25, 0.3) is 17.0 Å². The summed E-state index contributed by atoms with van der Waals surface area (Å²) in [4.78, 5) is 16.5. The van der Waals surface area contributed by atoms with Crippen LogP contribution in [0.1, 0.15) is 11.1 Å². The number of aliphatic hydroxyl groups excluding tert-OH is 1. The van der Waals surface area contributed by atoms with Gasteiger partial charge in [-0.3, -0.25) is 9.78 Å². The lowest BCUT2D eigenvalue weighted by molar-refractivity contribution is -0.117. The number of amides is 1. The molecule has 1 heterocycles. The van der Waals surface area contributed by atoms with Gasteiger partial charge in [0.15, 0.2) is 0 Å². The van der Waals surface area contributed by atoms with Crippen LogP contribution >= 0.6 is 0 Å². The number of aliphatic hydroxyl groups is 1. The normalized spacial score (nSPS) is 12.3. The van der Waals surface area contributed by atoms with Gasteiger partial charge in [-0.1, -0.05) is 30.3 Å². The van der Waals surface area contributed by atoms with Gasteiger partial charge < -0.3 is 15.5 Å². The van der Waals surface area contributed by atoms with Crippen molar-refractivity contribution in [3.63, 3.8) is 0 Å². The Hall–Kier alpha value is -3.18. The average molecular weight is 348 g/mol. The van der Waals surface area contributed by atoms with Gasteiger partial charge in [-0.2, -0.15) is 0 Å².